The van der Waals surface area contributed by atoms with Gasteiger partial charge in [-0.25, -0.2) is 0 Å². The van der Waals surface area contributed by atoms with Crippen molar-refractivity contribution >= 4 is 18.5 Å². The van der Waals surface area contributed by atoms with Gasteiger partial charge >= 0.3 is 0 Å². The molecule has 0 aliphatic rings. The van der Waals surface area contributed by atoms with Crippen molar-refractivity contribution in [2.24, 2.45) is 0 Å². The lowest BCUT2D eigenvalue weighted by Gasteiger charge is -2.36. The van der Waals surface area contributed by atoms with Crippen LogP contribution in [0.1, 0.15) is 25.0 Å². The Labute approximate surface area is 141 Å². The smallest absolute Gasteiger partial charge is 0.0178 e. The van der Waals surface area contributed by atoms with Gasteiger partial charge in [-0.05, 0) is 31.0 Å². The van der Waals surface area contributed by atoms with E-state index in [2.05, 4.69) is 106 Å². The molecule has 0 spiro atoms. The monoisotopic (exact) mass is 318 g/mol. The number of benzene rings is 3. The molecule has 0 saturated carbocycles. The van der Waals surface area contributed by atoms with Gasteiger partial charge in [0.2, 0.25) is 0 Å². The fraction of sp³-hybridized carbons (Fsp3) is 0.182. The third-order valence-corrected chi connectivity index (χ3v) is 7.35. The van der Waals surface area contributed by atoms with Crippen LogP contribution in [-0.4, -0.2) is 0 Å². The van der Waals surface area contributed by atoms with Crippen LogP contribution in [0.3, 0.4) is 0 Å². The molecule has 3 rings (SSSR count). The molecule has 3 aromatic carbocycles. The second kappa shape index (κ2) is 6.69. The molecule has 0 atom stereocenters. The second-order valence-corrected chi connectivity index (χ2v) is 9.25. The molecule has 0 bridgehead atoms. The van der Waals surface area contributed by atoms with Gasteiger partial charge in [0.05, 0.1) is 0 Å². The van der Waals surface area contributed by atoms with E-state index in [1.165, 1.54) is 21.7 Å². The molecule has 3 aromatic rings. The summed E-state index contributed by atoms with van der Waals surface area (Å²) >= 11 is 0. The van der Waals surface area contributed by atoms with E-state index in [-0.39, 0.29) is 5.16 Å². The van der Waals surface area contributed by atoms with Crippen LogP contribution in [0, 0.1) is 6.92 Å². The third-order valence-electron chi connectivity index (χ3n) is 4.35. The number of hydrogen-bond acceptors (Lipinski definition) is 0. The van der Waals surface area contributed by atoms with E-state index in [0.29, 0.717) is 0 Å². The number of hydrogen-bond donors (Lipinski definition) is 0. The van der Waals surface area contributed by atoms with Crippen LogP contribution in [0.4, 0.5) is 0 Å². The Morgan fingerprint density at radius 3 is 1.48 bits per heavy atom. The van der Waals surface area contributed by atoms with E-state index in [1.807, 2.05) is 0 Å². The van der Waals surface area contributed by atoms with Crippen molar-refractivity contribution in [3.8, 4) is 0 Å². The SMILES string of the molecule is Cc1ccc(C(C)(C)P(c2ccccc2)c2ccccc2)cc1. The van der Waals surface area contributed by atoms with E-state index in [4.69, 9.17) is 0 Å². The van der Waals surface area contributed by atoms with Gasteiger partial charge in [0.25, 0.3) is 0 Å². The second-order valence-electron chi connectivity index (χ2n) is 6.43. The summed E-state index contributed by atoms with van der Waals surface area (Å²) in [6.07, 6.45) is 0. The number of aryl methyl sites for hydroxylation is 1. The van der Waals surface area contributed by atoms with Crippen LogP contribution in [0.5, 0.6) is 0 Å². The van der Waals surface area contributed by atoms with Crippen LogP contribution in [0.2, 0.25) is 0 Å². The van der Waals surface area contributed by atoms with Gasteiger partial charge in [0.15, 0.2) is 0 Å². The summed E-state index contributed by atoms with van der Waals surface area (Å²) in [5.74, 6) is 0. The molecule has 116 valence electrons. The molecule has 0 unspecified atom stereocenters. The van der Waals surface area contributed by atoms with Gasteiger partial charge in [0, 0.05) is 5.16 Å². The summed E-state index contributed by atoms with van der Waals surface area (Å²) in [6, 6.07) is 30.9. The lowest BCUT2D eigenvalue weighted by Crippen LogP contribution is -2.27. The van der Waals surface area contributed by atoms with Crippen molar-refractivity contribution in [3.63, 3.8) is 0 Å². The molecule has 0 aliphatic carbocycles. The lowest BCUT2D eigenvalue weighted by atomic mass is 10.0. The molecule has 0 radical (unpaired) electrons. The quantitative estimate of drug-likeness (QED) is 0.568. The van der Waals surface area contributed by atoms with Crippen LogP contribution in [0.15, 0.2) is 84.9 Å². The zero-order valence-electron chi connectivity index (χ0n) is 14.0. The summed E-state index contributed by atoms with van der Waals surface area (Å²) in [7, 11) is -0.480. The van der Waals surface area contributed by atoms with Gasteiger partial charge < -0.3 is 0 Å². The highest BCUT2D eigenvalue weighted by Crippen LogP contribution is 2.53. The van der Waals surface area contributed by atoms with Crippen molar-refractivity contribution in [1.29, 1.82) is 0 Å². The van der Waals surface area contributed by atoms with Gasteiger partial charge in [-0.2, -0.15) is 0 Å². The van der Waals surface area contributed by atoms with Gasteiger partial charge in [0.1, 0.15) is 0 Å². The summed E-state index contributed by atoms with van der Waals surface area (Å²) in [5, 5.41) is 2.93. The maximum absolute atomic E-state index is 2.38. The Balaban J connectivity index is 2.13. The average Bonchev–Trinajstić information content (AvgIpc) is 2.57. The Bertz CT molecular complexity index is 703. The van der Waals surface area contributed by atoms with E-state index in [0.717, 1.165) is 0 Å². The maximum atomic E-state index is 2.38. The minimum Gasteiger partial charge on any atom is -0.0622 e. The van der Waals surface area contributed by atoms with Gasteiger partial charge in [-0.1, -0.05) is 104 Å². The molecule has 0 saturated heterocycles. The molecule has 23 heavy (non-hydrogen) atoms. The fourth-order valence-corrected chi connectivity index (χ4v) is 5.98. The van der Waals surface area contributed by atoms with Crippen molar-refractivity contribution in [2.45, 2.75) is 25.9 Å². The first kappa shape index (κ1) is 16.0. The zero-order valence-corrected chi connectivity index (χ0v) is 14.9. The largest absolute Gasteiger partial charge is 0.0622 e. The predicted molar refractivity (Wildman–Crippen MR) is 103 cm³/mol. The summed E-state index contributed by atoms with van der Waals surface area (Å²) in [6.45, 7) is 6.90. The molecular formula is C22H23P. The first-order valence-electron chi connectivity index (χ1n) is 8.06. The molecule has 1 heteroatoms. The summed E-state index contributed by atoms with van der Waals surface area (Å²) in [5.41, 5.74) is 2.72. The molecule has 0 aromatic heterocycles. The van der Waals surface area contributed by atoms with E-state index < -0.39 is 7.92 Å². The van der Waals surface area contributed by atoms with Crippen LogP contribution >= 0.6 is 7.92 Å². The highest BCUT2D eigenvalue weighted by atomic mass is 31.1. The lowest BCUT2D eigenvalue weighted by molar-refractivity contribution is 0.771. The van der Waals surface area contributed by atoms with E-state index in [9.17, 15) is 0 Å². The van der Waals surface area contributed by atoms with Crippen molar-refractivity contribution in [1.82, 2.24) is 0 Å². The molecule has 0 nitrogen and oxygen atoms in total. The van der Waals surface area contributed by atoms with E-state index in [1.54, 1.807) is 0 Å². The highest BCUT2D eigenvalue weighted by Gasteiger charge is 2.33. The van der Waals surface area contributed by atoms with Crippen molar-refractivity contribution in [2.75, 3.05) is 0 Å². The molecular weight excluding hydrogens is 295 g/mol. The fourth-order valence-electron chi connectivity index (χ4n) is 3.04. The summed E-state index contributed by atoms with van der Waals surface area (Å²) < 4.78 is 0. The molecule has 0 N–H and O–H groups in total. The minimum atomic E-state index is -0.480. The average molecular weight is 318 g/mol. The predicted octanol–water partition coefficient (Wildman–Crippen LogP) is 5.36. The molecule has 0 heterocycles. The topological polar surface area (TPSA) is 0 Å². The van der Waals surface area contributed by atoms with Gasteiger partial charge in [-0.15, -0.1) is 0 Å². The third kappa shape index (κ3) is 3.38. The Hall–Kier alpha value is -1.91. The zero-order chi connectivity index (χ0) is 16.3. The van der Waals surface area contributed by atoms with Crippen LogP contribution < -0.4 is 10.6 Å². The molecule has 0 amide bonds. The van der Waals surface area contributed by atoms with Gasteiger partial charge in [-0.3, -0.25) is 0 Å². The van der Waals surface area contributed by atoms with E-state index >= 15 is 0 Å². The first-order chi connectivity index (χ1) is 11.1. The normalized spacial score (nSPS) is 11.7. The standard InChI is InChI=1S/C22H23P/c1-18-14-16-19(17-15-18)22(2,3)23(20-10-6-4-7-11-20)21-12-8-5-9-13-21/h4-17H,1-3H3. The molecule has 0 fully saturated rings. The van der Waals surface area contributed by atoms with Crippen molar-refractivity contribution < 1.29 is 0 Å². The van der Waals surface area contributed by atoms with Crippen LogP contribution in [-0.2, 0) is 5.16 Å². The Morgan fingerprint density at radius 2 is 1.04 bits per heavy atom. The molecule has 0 aliphatic heterocycles. The maximum Gasteiger partial charge on any atom is 0.0178 e. The highest BCUT2D eigenvalue weighted by molar-refractivity contribution is 7.74. The Kier molecular flexibility index (Phi) is 4.64. The first-order valence-corrected chi connectivity index (χ1v) is 9.41. The van der Waals surface area contributed by atoms with Crippen LogP contribution in [0.25, 0.3) is 0 Å². The van der Waals surface area contributed by atoms with Crippen molar-refractivity contribution in [3.05, 3.63) is 96.1 Å². The number of rotatable bonds is 4. The minimum absolute atomic E-state index is 0.0751. The summed E-state index contributed by atoms with van der Waals surface area (Å²) in [4.78, 5) is 0. The Morgan fingerprint density at radius 1 is 0.609 bits per heavy atom.